The molecule has 1 saturated heterocycles. The molecule has 0 radical (unpaired) electrons. The third kappa shape index (κ3) is 8.94. The summed E-state index contributed by atoms with van der Waals surface area (Å²) in [4.78, 5) is 27.8. The van der Waals surface area contributed by atoms with Gasteiger partial charge in [-0.2, -0.15) is 0 Å². The van der Waals surface area contributed by atoms with E-state index in [1.165, 1.54) is 32.4 Å². The van der Waals surface area contributed by atoms with E-state index in [0.717, 1.165) is 38.9 Å². The van der Waals surface area contributed by atoms with Crippen LogP contribution >= 0.6 is 0 Å². The molecule has 0 atom stereocenters. The summed E-state index contributed by atoms with van der Waals surface area (Å²) in [6.07, 6.45) is 7.76. The van der Waals surface area contributed by atoms with Crippen LogP contribution in [0.3, 0.4) is 0 Å². The molecule has 5 heteroatoms. The van der Waals surface area contributed by atoms with E-state index in [1.54, 1.807) is 0 Å². The summed E-state index contributed by atoms with van der Waals surface area (Å²) in [7, 11) is 0. The quantitative estimate of drug-likeness (QED) is 0.433. The van der Waals surface area contributed by atoms with E-state index in [2.05, 4.69) is 4.90 Å². The van der Waals surface area contributed by atoms with Crippen molar-refractivity contribution in [2.75, 3.05) is 39.3 Å². The van der Waals surface area contributed by atoms with Crippen LogP contribution in [0.25, 0.3) is 0 Å². The van der Waals surface area contributed by atoms with Gasteiger partial charge in [-0.25, -0.2) is 0 Å². The Bertz CT molecular complexity index is 341. The Hall–Kier alpha value is -1.10. The number of hydrogen-bond acceptors (Lipinski definition) is 4. The molecule has 5 nitrogen and oxygen atoms in total. The Morgan fingerprint density at radius 1 is 1.00 bits per heavy atom. The monoisotopic (exact) mass is 326 g/mol. The minimum Gasteiger partial charge on any atom is -0.466 e. The largest absolute Gasteiger partial charge is 0.466 e. The summed E-state index contributed by atoms with van der Waals surface area (Å²) >= 11 is 0. The first-order chi connectivity index (χ1) is 11.2. The zero-order valence-electron chi connectivity index (χ0n) is 15.0. The molecule has 0 bridgehead atoms. The number of carbonyl (C=O) groups excluding carboxylic acids is 2. The van der Waals surface area contributed by atoms with Crippen LogP contribution in [0.2, 0.25) is 0 Å². The molecule has 0 aromatic rings. The first kappa shape index (κ1) is 19.9. The van der Waals surface area contributed by atoms with E-state index >= 15 is 0 Å². The van der Waals surface area contributed by atoms with Gasteiger partial charge in [0.1, 0.15) is 0 Å². The van der Waals surface area contributed by atoms with Crippen LogP contribution in [-0.2, 0) is 14.3 Å². The molecule has 134 valence electrons. The highest BCUT2D eigenvalue weighted by atomic mass is 16.5. The number of unbranched alkanes of at least 4 members (excludes halogenated alkanes) is 2. The maximum Gasteiger partial charge on any atom is 0.305 e. The molecule has 1 amide bonds. The van der Waals surface area contributed by atoms with Gasteiger partial charge in [-0.15, -0.1) is 0 Å². The Morgan fingerprint density at radius 2 is 1.74 bits per heavy atom. The standard InChI is InChI=1S/C18H34N2O3/c1-3-17(21)20(16-15-19-12-8-6-9-13-19)14-10-5-7-11-18(22)23-4-2/h3-16H2,1-2H3. The average Bonchev–Trinajstić information content (AvgIpc) is 2.57. The van der Waals surface area contributed by atoms with Gasteiger partial charge in [0.25, 0.3) is 0 Å². The van der Waals surface area contributed by atoms with E-state index in [1.807, 2.05) is 18.7 Å². The third-order valence-corrected chi connectivity index (χ3v) is 4.40. The Labute approximate surface area is 141 Å². The predicted molar refractivity (Wildman–Crippen MR) is 92.3 cm³/mol. The summed E-state index contributed by atoms with van der Waals surface area (Å²) < 4.78 is 4.92. The second-order valence-corrected chi connectivity index (χ2v) is 6.25. The molecule has 0 unspecified atom stereocenters. The Kier molecular flexibility index (Phi) is 10.7. The van der Waals surface area contributed by atoms with Gasteiger partial charge in [0.2, 0.25) is 5.91 Å². The molecule has 23 heavy (non-hydrogen) atoms. The number of piperidine rings is 1. The van der Waals surface area contributed by atoms with E-state index in [4.69, 9.17) is 4.74 Å². The number of nitrogens with zero attached hydrogens (tertiary/aromatic N) is 2. The highest BCUT2D eigenvalue weighted by Crippen LogP contribution is 2.09. The lowest BCUT2D eigenvalue weighted by molar-refractivity contribution is -0.143. The molecule has 1 rings (SSSR count). The normalized spacial score (nSPS) is 15.4. The zero-order chi connectivity index (χ0) is 16.9. The van der Waals surface area contributed by atoms with Gasteiger partial charge in [-0.3, -0.25) is 9.59 Å². The highest BCUT2D eigenvalue weighted by Gasteiger charge is 2.15. The maximum absolute atomic E-state index is 12.1. The SMILES string of the molecule is CCOC(=O)CCCCCN(CCN1CCCCC1)C(=O)CC. The molecular formula is C18H34N2O3. The number of ether oxygens (including phenoxy) is 1. The summed E-state index contributed by atoms with van der Waals surface area (Å²) in [6.45, 7) is 9.20. The lowest BCUT2D eigenvalue weighted by Crippen LogP contribution is -2.40. The van der Waals surface area contributed by atoms with Crippen molar-refractivity contribution in [3.63, 3.8) is 0 Å². The molecule has 0 aliphatic carbocycles. The smallest absolute Gasteiger partial charge is 0.305 e. The van der Waals surface area contributed by atoms with Gasteiger partial charge in [-0.05, 0) is 45.7 Å². The van der Waals surface area contributed by atoms with Crippen molar-refractivity contribution in [1.29, 1.82) is 0 Å². The van der Waals surface area contributed by atoms with Crippen molar-refractivity contribution >= 4 is 11.9 Å². The molecule has 1 heterocycles. The summed E-state index contributed by atoms with van der Waals surface area (Å²) in [5.41, 5.74) is 0. The minimum absolute atomic E-state index is 0.112. The fraction of sp³-hybridized carbons (Fsp3) is 0.889. The van der Waals surface area contributed by atoms with Gasteiger partial charge in [0.15, 0.2) is 0 Å². The lowest BCUT2D eigenvalue weighted by Gasteiger charge is -2.30. The molecule has 0 spiro atoms. The topological polar surface area (TPSA) is 49.9 Å². The minimum atomic E-state index is -0.112. The molecule has 0 aromatic heterocycles. The molecule has 1 aliphatic rings. The highest BCUT2D eigenvalue weighted by molar-refractivity contribution is 5.75. The van der Waals surface area contributed by atoms with E-state index in [9.17, 15) is 9.59 Å². The van der Waals surface area contributed by atoms with Crippen molar-refractivity contribution in [2.24, 2.45) is 0 Å². The van der Waals surface area contributed by atoms with Crippen LogP contribution in [0.15, 0.2) is 0 Å². The number of esters is 1. The number of likely N-dealkylation sites (tertiary alicyclic amines) is 1. The third-order valence-electron chi connectivity index (χ3n) is 4.40. The molecule has 0 N–H and O–H groups in total. The van der Waals surface area contributed by atoms with E-state index in [0.29, 0.717) is 19.4 Å². The van der Waals surface area contributed by atoms with Crippen LogP contribution in [0.1, 0.15) is 65.2 Å². The molecular weight excluding hydrogens is 292 g/mol. The first-order valence-electron chi connectivity index (χ1n) is 9.33. The van der Waals surface area contributed by atoms with Crippen LogP contribution in [0.5, 0.6) is 0 Å². The van der Waals surface area contributed by atoms with Crippen LogP contribution in [-0.4, -0.2) is 61.0 Å². The summed E-state index contributed by atoms with van der Waals surface area (Å²) in [5.74, 6) is 0.131. The van der Waals surface area contributed by atoms with Crippen LogP contribution in [0.4, 0.5) is 0 Å². The number of amides is 1. The zero-order valence-corrected chi connectivity index (χ0v) is 15.0. The van der Waals surface area contributed by atoms with Crippen molar-refractivity contribution in [3.8, 4) is 0 Å². The summed E-state index contributed by atoms with van der Waals surface area (Å²) in [6, 6.07) is 0. The van der Waals surface area contributed by atoms with Gasteiger partial charge < -0.3 is 14.5 Å². The van der Waals surface area contributed by atoms with Crippen molar-refractivity contribution in [2.45, 2.75) is 65.2 Å². The van der Waals surface area contributed by atoms with Gasteiger partial charge in [-0.1, -0.05) is 19.8 Å². The van der Waals surface area contributed by atoms with Crippen LogP contribution in [0, 0.1) is 0 Å². The van der Waals surface area contributed by atoms with Crippen molar-refractivity contribution in [1.82, 2.24) is 9.80 Å². The van der Waals surface area contributed by atoms with Gasteiger partial charge in [0, 0.05) is 32.5 Å². The Morgan fingerprint density at radius 3 is 2.39 bits per heavy atom. The number of hydrogen-bond donors (Lipinski definition) is 0. The Balaban J connectivity index is 2.20. The molecule has 0 aromatic carbocycles. The second kappa shape index (κ2) is 12.3. The van der Waals surface area contributed by atoms with Crippen molar-refractivity contribution in [3.05, 3.63) is 0 Å². The van der Waals surface area contributed by atoms with Gasteiger partial charge >= 0.3 is 5.97 Å². The maximum atomic E-state index is 12.1. The molecule has 1 fully saturated rings. The lowest BCUT2D eigenvalue weighted by atomic mass is 10.1. The first-order valence-corrected chi connectivity index (χ1v) is 9.33. The average molecular weight is 326 g/mol. The van der Waals surface area contributed by atoms with E-state index < -0.39 is 0 Å². The fourth-order valence-electron chi connectivity index (χ4n) is 3.01. The summed E-state index contributed by atoms with van der Waals surface area (Å²) in [5, 5.41) is 0. The van der Waals surface area contributed by atoms with Crippen molar-refractivity contribution < 1.29 is 14.3 Å². The van der Waals surface area contributed by atoms with Crippen LogP contribution < -0.4 is 0 Å². The number of carbonyl (C=O) groups is 2. The molecule has 1 aliphatic heterocycles. The van der Waals surface area contributed by atoms with Gasteiger partial charge in [0.05, 0.1) is 6.61 Å². The predicted octanol–water partition coefficient (Wildman–Crippen LogP) is 2.83. The number of rotatable bonds is 11. The van der Waals surface area contributed by atoms with E-state index in [-0.39, 0.29) is 11.9 Å². The fourth-order valence-corrected chi connectivity index (χ4v) is 3.01. The molecule has 0 saturated carbocycles. The second-order valence-electron chi connectivity index (χ2n) is 6.25.